The number of ketones is 1. The molecule has 1 aromatic heterocycles. The van der Waals surface area contributed by atoms with Gasteiger partial charge >= 0.3 is 0 Å². The van der Waals surface area contributed by atoms with Crippen molar-refractivity contribution in [2.75, 3.05) is 0 Å². The van der Waals surface area contributed by atoms with Gasteiger partial charge in [-0.15, -0.1) is 11.3 Å². The molecule has 100 valence electrons. The third-order valence-electron chi connectivity index (χ3n) is 3.67. The van der Waals surface area contributed by atoms with E-state index in [-0.39, 0.29) is 5.78 Å². The number of carbonyl (C=O) groups excluding carboxylic acids is 1. The molecular weight excluding hydrogens is 264 g/mol. The zero-order chi connectivity index (χ0) is 14.1. The van der Waals surface area contributed by atoms with E-state index in [1.165, 1.54) is 21.2 Å². The van der Waals surface area contributed by atoms with E-state index < -0.39 is 0 Å². The molecular formula is C18H16OS. The number of hydrogen-bond acceptors (Lipinski definition) is 2. The lowest BCUT2D eigenvalue weighted by atomic mass is 10.00. The Morgan fingerprint density at radius 1 is 1.05 bits per heavy atom. The Balaban J connectivity index is 1.95. The third kappa shape index (κ3) is 2.39. The fraction of sp³-hybridized carbons (Fsp3) is 0.167. The molecule has 20 heavy (non-hydrogen) atoms. The molecule has 0 radical (unpaired) electrons. The van der Waals surface area contributed by atoms with Crippen molar-refractivity contribution in [3.05, 3.63) is 69.4 Å². The minimum atomic E-state index is 0.211. The van der Waals surface area contributed by atoms with Crippen molar-refractivity contribution >= 4 is 27.9 Å². The van der Waals surface area contributed by atoms with Crippen LogP contribution in [0.5, 0.6) is 0 Å². The summed E-state index contributed by atoms with van der Waals surface area (Å²) in [5, 5.41) is 2.37. The van der Waals surface area contributed by atoms with E-state index in [1.807, 2.05) is 30.3 Å². The van der Waals surface area contributed by atoms with E-state index in [0.717, 1.165) is 10.4 Å². The van der Waals surface area contributed by atoms with Gasteiger partial charge in [0, 0.05) is 11.3 Å². The summed E-state index contributed by atoms with van der Waals surface area (Å²) >= 11 is 1.60. The average molecular weight is 280 g/mol. The maximum absolute atomic E-state index is 12.4. The molecule has 0 aliphatic carbocycles. The van der Waals surface area contributed by atoms with Crippen molar-refractivity contribution in [2.24, 2.45) is 0 Å². The van der Waals surface area contributed by atoms with E-state index in [9.17, 15) is 4.79 Å². The van der Waals surface area contributed by atoms with Gasteiger partial charge in [-0.05, 0) is 41.8 Å². The zero-order valence-corrected chi connectivity index (χ0v) is 12.5. The standard InChI is InChI=1S/C18H16OS/c1-12-10-18(20-13(12)2)17(19)11-15-8-5-7-14-6-3-4-9-16(14)15/h3-10H,11H2,1-2H3. The van der Waals surface area contributed by atoms with Crippen LogP contribution in [-0.2, 0) is 6.42 Å². The minimum Gasteiger partial charge on any atom is -0.293 e. The molecule has 2 heteroatoms. The highest BCUT2D eigenvalue weighted by molar-refractivity contribution is 7.14. The van der Waals surface area contributed by atoms with E-state index in [2.05, 4.69) is 32.0 Å². The van der Waals surface area contributed by atoms with Crippen molar-refractivity contribution in [2.45, 2.75) is 20.3 Å². The van der Waals surface area contributed by atoms with Crippen LogP contribution in [-0.4, -0.2) is 5.78 Å². The molecule has 0 bridgehead atoms. The lowest BCUT2D eigenvalue weighted by Gasteiger charge is -2.05. The summed E-state index contributed by atoms with van der Waals surface area (Å²) < 4.78 is 0. The van der Waals surface area contributed by atoms with Gasteiger partial charge in [-0.25, -0.2) is 0 Å². The second kappa shape index (κ2) is 5.22. The van der Waals surface area contributed by atoms with E-state index in [1.54, 1.807) is 11.3 Å². The molecule has 3 aromatic rings. The maximum atomic E-state index is 12.4. The van der Waals surface area contributed by atoms with Gasteiger partial charge in [-0.2, -0.15) is 0 Å². The summed E-state index contributed by atoms with van der Waals surface area (Å²) in [5.41, 5.74) is 2.31. The molecule has 1 heterocycles. The molecule has 0 atom stereocenters. The van der Waals surface area contributed by atoms with Gasteiger partial charge in [0.05, 0.1) is 4.88 Å². The number of thiophene rings is 1. The Morgan fingerprint density at radius 3 is 2.55 bits per heavy atom. The number of carbonyl (C=O) groups is 1. The highest BCUT2D eigenvalue weighted by Crippen LogP contribution is 2.24. The van der Waals surface area contributed by atoms with E-state index in [4.69, 9.17) is 0 Å². The number of hydrogen-bond donors (Lipinski definition) is 0. The Morgan fingerprint density at radius 2 is 1.80 bits per heavy atom. The molecule has 0 unspecified atom stereocenters. The van der Waals surface area contributed by atoms with Crippen LogP contribution in [0.3, 0.4) is 0 Å². The van der Waals surface area contributed by atoms with Crippen LogP contribution in [0.2, 0.25) is 0 Å². The topological polar surface area (TPSA) is 17.1 Å². The molecule has 2 aromatic carbocycles. The summed E-state index contributed by atoms with van der Waals surface area (Å²) in [7, 11) is 0. The first-order valence-electron chi connectivity index (χ1n) is 6.72. The summed E-state index contributed by atoms with van der Waals surface area (Å²) in [6.45, 7) is 4.12. The van der Waals surface area contributed by atoms with Gasteiger partial charge < -0.3 is 0 Å². The molecule has 0 spiro atoms. The summed E-state index contributed by atoms with van der Waals surface area (Å²) in [4.78, 5) is 14.5. The van der Waals surface area contributed by atoms with Gasteiger partial charge in [-0.3, -0.25) is 4.79 Å². The van der Waals surface area contributed by atoms with Gasteiger partial charge in [0.25, 0.3) is 0 Å². The molecule has 0 saturated heterocycles. The molecule has 0 saturated carbocycles. The van der Waals surface area contributed by atoms with Gasteiger partial charge in [-0.1, -0.05) is 42.5 Å². The van der Waals surface area contributed by atoms with Crippen LogP contribution in [0.15, 0.2) is 48.5 Å². The highest BCUT2D eigenvalue weighted by atomic mass is 32.1. The molecule has 0 amide bonds. The predicted octanol–water partition coefficient (Wildman–Crippen LogP) is 4.94. The fourth-order valence-corrected chi connectivity index (χ4v) is 3.39. The first kappa shape index (κ1) is 13.1. The molecule has 0 fully saturated rings. The minimum absolute atomic E-state index is 0.211. The van der Waals surface area contributed by atoms with Crippen molar-refractivity contribution in [1.82, 2.24) is 0 Å². The monoisotopic (exact) mass is 280 g/mol. The first-order valence-corrected chi connectivity index (χ1v) is 7.53. The van der Waals surface area contributed by atoms with E-state index in [0.29, 0.717) is 6.42 Å². The molecule has 0 aliphatic rings. The van der Waals surface area contributed by atoms with Crippen LogP contribution < -0.4 is 0 Å². The van der Waals surface area contributed by atoms with Gasteiger partial charge in [0.15, 0.2) is 5.78 Å². The summed E-state index contributed by atoms with van der Waals surface area (Å²) in [6.07, 6.45) is 0.473. The lowest BCUT2D eigenvalue weighted by Crippen LogP contribution is -2.01. The second-order valence-corrected chi connectivity index (χ2v) is 6.34. The number of aryl methyl sites for hydroxylation is 2. The van der Waals surface area contributed by atoms with Crippen LogP contribution in [0.4, 0.5) is 0 Å². The smallest absolute Gasteiger partial charge is 0.177 e. The maximum Gasteiger partial charge on any atom is 0.177 e. The third-order valence-corrected chi connectivity index (χ3v) is 4.87. The SMILES string of the molecule is Cc1cc(C(=O)Cc2cccc3ccccc23)sc1C. The average Bonchev–Trinajstić information content (AvgIpc) is 2.79. The van der Waals surface area contributed by atoms with Crippen LogP contribution >= 0.6 is 11.3 Å². The molecule has 0 aliphatic heterocycles. The van der Waals surface area contributed by atoms with Crippen LogP contribution in [0, 0.1) is 13.8 Å². The Hall–Kier alpha value is -1.93. The zero-order valence-electron chi connectivity index (χ0n) is 11.6. The Kier molecular flexibility index (Phi) is 3.41. The normalized spacial score (nSPS) is 10.9. The lowest BCUT2D eigenvalue weighted by molar-refractivity contribution is 0.0997. The van der Waals surface area contributed by atoms with E-state index >= 15 is 0 Å². The number of fused-ring (bicyclic) bond motifs is 1. The van der Waals surface area contributed by atoms with Gasteiger partial charge in [0.2, 0.25) is 0 Å². The van der Waals surface area contributed by atoms with Crippen LogP contribution in [0.25, 0.3) is 10.8 Å². The molecule has 3 rings (SSSR count). The van der Waals surface area contributed by atoms with Crippen molar-refractivity contribution < 1.29 is 4.79 Å². The molecule has 0 N–H and O–H groups in total. The Bertz CT molecular complexity index is 758. The predicted molar refractivity (Wildman–Crippen MR) is 85.8 cm³/mol. The highest BCUT2D eigenvalue weighted by Gasteiger charge is 2.12. The summed E-state index contributed by atoms with van der Waals surface area (Å²) in [5.74, 6) is 0.211. The van der Waals surface area contributed by atoms with Crippen molar-refractivity contribution in [3.63, 3.8) is 0 Å². The van der Waals surface area contributed by atoms with Crippen molar-refractivity contribution in [1.29, 1.82) is 0 Å². The number of rotatable bonds is 3. The van der Waals surface area contributed by atoms with Gasteiger partial charge in [0.1, 0.15) is 0 Å². The fourth-order valence-electron chi connectivity index (χ4n) is 2.42. The second-order valence-electron chi connectivity index (χ2n) is 5.09. The van der Waals surface area contributed by atoms with Crippen molar-refractivity contribution in [3.8, 4) is 0 Å². The number of Topliss-reactive ketones (excluding diaryl/α,β-unsaturated/α-hetero) is 1. The summed E-state index contributed by atoms with van der Waals surface area (Å²) in [6, 6.07) is 16.4. The van der Waals surface area contributed by atoms with Crippen LogP contribution in [0.1, 0.15) is 25.7 Å². The first-order chi connectivity index (χ1) is 9.65. The Labute approximate surface area is 122 Å². The molecule has 1 nitrogen and oxygen atoms in total. The number of benzene rings is 2. The largest absolute Gasteiger partial charge is 0.293 e. The quantitative estimate of drug-likeness (QED) is 0.621.